The van der Waals surface area contributed by atoms with Gasteiger partial charge in [-0.1, -0.05) is 0 Å². The van der Waals surface area contributed by atoms with E-state index in [1.54, 1.807) is 6.07 Å². The molecule has 4 nitrogen and oxygen atoms in total. The summed E-state index contributed by atoms with van der Waals surface area (Å²) in [4.78, 5) is 10.5. The maximum absolute atomic E-state index is 10.5. The molecule has 12 heavy (non-hydrogen) atoms. The third-order valence-electron chi connectivity index (χ3n) is 1.54. The number of aldehydes is 1. The number of carbonyl (C=O) groups is 1. The second-order valence-corrected chi connectivity index (χ2v) is 2.34. The van der Waals surface area contributed by atoms with Crippen LogP contribution in [0, 0.1) is 0 Å². The molecule has 0 spiro atoms. The van der Waals surface area contributed by atoms with Crippen molar-refractivity contribution < 1.29 is 9.53 Å². The highest BCUT2D eigenvalue weighted by Crippen LogP contribution is 2.26. The molecule has 4 heteroatoms. The smallest absolute Gasteiger partial charge is 0.152 e. The Balaban J connectivity index is 3.31. The molecule has 0 amide bonds. The van der Waals surface area contributed by atoms with E-state index in [1.807, 2.05) is 0 Å². The number of ether oxygens (including phenoxy) is 1. The average molecular weight is 166 g/mol. The minimum atomic E-state index is 0.321. The van der Waals surface area contributed by atoms with Crippen molar-refractivity contribution in [1.82, 2.24) is 0 Å². The van der Waals surface area contributed by atoms with E-state index in [1.165, 1.54) is 13.2 Å². The summed E-state index contributed by atoms with van der Waals surface area (Å²) in [6.45, 7) is 0. The van der Waals surface area contributed by atoms with Gasteiger partial charge in [-0.3, -0.25) is 4.79 Å². The molecule has 0 aliphatic heterocycles. The summed E-state index contributed by atoms with van der Waals surface area (Å²) in [5.41, 5.74) is 12.2. The summed E-state index contributed by atoms with van der Waals surface area (Å²) in [7, 11) is 1.47. The minimum absolute atomic E-state index is 0.321. The largest absolute Gasteiger partial charge is 0.494 e. The van der Waals surface area contributed by atoms with Crippen LogP contribution in [-0.2, 0) is 0 Å². The van der Waals surface area contributed by atoms with Crippen molar-refractivity contribution in [3.8, 4) is 5.75 Å². The predicted octanol–water partition coefficient (Wildman–Crippen LogP) is 0.672. The SMILES string of the molecule is COc1cc(N)cc(C=O)c1N. The van der Waals surface area contributed by atoms with Gasteiger partial charge in [-0.15, -0.1) is 0 Å². The van der Waals surface area contributed by atoms with Gasteiger partial charge in [0.15, 0.2) is 6.29 Å². The number of hydrogen-bond acceptors (Lipinski definition) is 4. The second-order valence-electron chi connectivity index (χ2n) is 2.34. The average Bonchev–Trinajstić information content (AvgIpc) is 2.08. The molecule has 0 fully saturated rings. The molecule has 0 saturated carbocycles. The quantitative estimate of drug-likeness (QED) is 0.500. The van der Waals surface area contributed by atoms with Crippen molar-refractivity contribution in [1.29, 1.82) is 0 Å². The maximum atomic E-state index is 10.5. The monoisotopic (exact) mass is 166 g/mol. The van der Waals surface area contributed by atoms with Gasteiger partial charge in [-0.05, 0) is 6.07 Å². The number of benzene rings is 1. The van der Waals surface area contributed by atoms with Gasteiger partial charge in [-0.2, -0.15) is 0 Å². The zero-order chi connectivity index (χ0) is 9.14. The van der Waals surface area contributed by atoms with E-state index in [4.69, 9.17) is 16.2 Å². The van der Waals surface area contributed by atoms with Gasteiger partial charge in [0, 0.05) is 17.3 Å². The van der Waals surface area contributed by atoms with Gasteiger partial charge in [0.05, 0.1) is 12.8 Å². The molecule has 4 N–H and O–H groups in total. The lowest BCUT2D eigenvalue weighted by molar-refractivity contribution is 0.112. The number of anilines is 2. The van der Waals surface area contributed by atoms with E-state index < -0.39 is 0 Å². The number of carbonyl (C=O) groups excluding carboxylic acids is 1. The van der Waals surface area contributed by atoms with Crippen LogP contribution in [0.2, 0.25) is 0 Å². The molecule has 0 saturated heterocycles. The molecule has 0 atom stereocenters. The Bertz CT molecular complexity index is 310. The van der Waals surface area contributed by atoms with Crippen LogP contribution in [-0.4, -0.2) is 13.4 Å². The Morgan fingerprint density at radius 1 is 1.42 bits per heavy atom. The molecule has 0 heterocycles. The Labute approximate surface area is 70.1 Å². The van der Waals surface area contributed by atoms with E-state index >= 15 is 0 Å². The van der Waals surface area contributed by atoms with Crippen LogP contribution in [0.15, 0.2) is 12.1 Å². The lowest BCUT2D eigenvalue weighted by atomic mass is 10.1. The minimum Gasteiger partial charge on any atom is -0.494 e. The molecule has 64 valence electrons. The van der Waals surface area contributed by atoms with Crippen LogP contribution in [0.5, 0.6) is 5.75 Å². The predicted molar refractivity (Wildman–Crippen MR) is 47.2 cm³/mol. The number of hydrogen-bond donors (Lipinski definition) is 2. The molecule has 0 unspecified atom stereocenters. The first kappa shape index (κ1) is 8.39. The van der Waals surface area contributed by atoms with Gasteiger partial charge in [0.25, 0.3) is 0 Å². The van der Waals surface area contributed by atoms with Crippen LogP contribution in [0.25, 0.3) is 0 Å². The highest BCUT2D eigenvalue weighted by atomic mass is 16.5. The van der Waals surface area contributed by atoms with E-state index in [2.05, 4.69) is 0 Å². The van der Waals surface area contributed by atoms with Crippen molar-refractivity contribution in [3.63, 3.8) is 0 Å². The van der Waals surface area contributed by atoms with E-state index in [9.17, 15) is 4.79 Å². The molecule has 0 bridgehead atoms. The van der Waals surface area contributed by atoms with Crippen LogP contribution in [0.4, 0.5) is 11.4 Å². The molecule has 0 aromatic heterocycles. The maximum Gasteiger partial charge on any atom is 0.152 e. The van der Waals surface area contributed by atoms with Crippen molar-refractivity contribution in [2.45, 2.75) is 0 Å². The van der Waals surface area contributed by atoms with Gasteiger partial charge in [-0.25, -0.2) is 0 Å². The summed E-state index contributed by atoms with van der Waals surface area (Å²) >= 11 is 0. The number of nitrogens with two attached hydrogens (primary N) is 2. The Kier molecular flexibility index (Phi) is 2.19. The summed E-state index contributed by atoms with van der Waals surface area (Å²) in [6, 6.07) is 3.08. The molecule has 0 aliphatic carbocycles. The van der Waals surface area contributed by atoms with E-state index in [-0.39, 0.29) is 0 Å². The topological polar surface area (TPSA) is 78.3 Å². The molecule has 0 aliphatic rings. The number of nitrogen functional groups attached to an aromatic ring is 2. The van der Waals surface area contributed by atoms with Crippen molar-refractivity contribution in [2.24, 2.45) is 0 Å². The second kappa shape index (κ2) is 3.13. The molecular weight excluding hydrogens is 156 g/mol. The molecular formula is C8H10N2O2. The number of methoxy groups -OCH3 is 1. The Hall–Kier alpha value is -1.71. The Morgan fingerprint density at radius 3 is 2.58 bits per heavy atom. The third-order valence-corrected chi connectivity index (χ3v) is 1.54. The summed E-state index contributed by atoms with van der Waals surface area (Å²) in [5.74, 6) is 0.428. The number of rotatable bonds is 2. The summed E-state index contributed by atoms with van der Waals surface area (Å²) < 4.78 is 4.90. The van der Waals surface area contributed by atoms with E-state index in [0.29, 0.717) is 29.0 Å². The van der Waals surface area contributed by atoms with Crippen LogP contribution in [0.1, 0.15) is 10.4 Å². The van der Waals surface area contributed by atoms with Crippen molar-refractivity contribution >= 4 is 17.7 Å². The van der Waals surface area contributed by atoms with Crippen LogP contribution in [0.3, 0.4) is 0 Å². The molecule has 1 aromatic rings. The van der Waals surface area contributed by atoms with Gasteiger partial charge < -0.3 is 16.2 Å². The van der Waals surface area contributed by atoms with Gasteiger partial charge in [0.2, 0.25) is 0 Å². The summed E-state index contributed by atoms with van der Waals surface area (Å²) in [5, 5.41) is 0. The summed E-state index contributed by atoms with van der Waals surface area (Å²) in [6.07, 6.45) is 0.647. The van der Waals surface area contributed by atoms with E-state index in [0.717, 1.165) is 0 Å². The lowest BCUT2D eigenvalue weighted by Gasteiger charge is -2.06. The first-order valence-corrected chi connectivity index (χ1v) is 3.37. The highest BCUT2D eigenvalue weighted by molar-refractivity contribution is 5.87. The fourth-order valence-electron chi connectivity index (χ4n) is 0.937. The fraction of sp³-hybridized carbons (Fsp3) is 0.125. The van der Waals surface area contributed by atoms with Crippen molar-refractivity contribution in [2.75, 3.05) is 18.6 Å². The third kappa shape index (κ3) is 1.32. The first-order chi connectivity index (χ1) is 5.69. The van der Waals surface area contributed by atoms with Crippen LogP contribution < -0.4 is 16.2 Å². The molecule has 1 aromatic carbocycles. The highest BCUT2D eigenvalue weighted by Gasteiger charge is 2.05. The fourth-order valence-corrected chi connectivity index (χ4v) is 0.937. The van der Waals surface area contributed by atoms with Gasteiger partial charge in [0.1, 0.15) is 5.75 Å². The van der Waals surface area contributed by atoms with Crippen molar-refractivity contribution in [3.05, 3.63) is 17.7 Å². The zero-order valence-corrected chi connectivity index (χ0v) is 6.70. The lowest BCUT2D eigenvalue weighted by Crippen LogP contribution is -1.99. The molecule has 1 rings (SSSR count). The normalized spacial score (nSPS) is 9.42. The zero-order valence-electron chi connectivity index (χ0n) is 6.70. The Morgan fingerprint density at radius 2 is 2.08 bits per heavy atom. The van der Waals surface area contributed by atoms with Gasteiger partial charge >= 0.3 is 0 Å². The van der Waals surface area contributed by atoms with Crippen LogP contribution >= 0.6 is 0 Å². The standard InChI is InChI=1S/C8H10N2O2/c1-12-7-3-6(9)2-5(4-11)8(7)10/h2-4H,9-10H2,1H3. The molecule has 0 radical (unpaired) electrons. The first-order valence-electron chi connectivity index (χ1n) is 3.37.